The average molecular weight is 432 g/mol. The Balaban J connectivity index is 0.000000552. The number of ether oxygens (including phenoxy) is 1. The van der Waals surface area contributed by atoms with E-state index in [4.69, 9.17) is 4.74 Å². The lowest BCUT2D eigenvalue weighted by Crippen LogP contribution is -2.33. The number of rotatable bonds is 2. The third-order valence-corrected chi connectivity index (χ3v) is 7.09. The lowest BCUT2D eigenvalue weighted by molar-refractivity contribution is 0.00817. The fourth-order valence-corrected chi connectivity index (χ4v) is 5.84. The third-order valence-electron chi connectivity index (χ3n) is 5.30. The van der Waals surface area contributed by atoms with Crippen molar-refractivity contribution in [3.63, 3.8) is 0 Å². The van der Waals surface area contributed by atoms with E-state index in [1.165, 1.54) is 0 Å². The molecular formula is C19H23F3N2O4S. The van der Waals surface area contributed by atoms with Gasteiger partial charge in [-0.1, -0.05) is 24.6 Å². The van der Waals surface area contributed by atoms with E-state index in [1.807, 2.05) is 28.8 Å². The third kappa shape index (κ3) is 4.52. The summed E-state index contributed by atoms with van der Waals surface area (Å²) in [4.78, 5) is 12.7. The van der Waals surface area contributed by atoms with E-state index < -0.39 is 27.9 Å². The highest BCUT2D eigenvalue weighted by atomic mass is 32.2. The molecule has 0 radical (unpaired) electrons. The van der Waals surface area contributed by atoms with Gasteiger partial charge in [0.15, 0.2) is 5.69 Å². The second-order valence-corrected chi connectivity index (χ2v) is 9.08. The monoisotopic (exact) mass is 432 g/mol. The normalized spacial score (nSPS) is 22.5. The van der Waals surface area contributed by atoms with Crippen LogP contribution >= 0.6 is 0 Å². The van der Waals surface area contributed by atoms with Gasteiger partial charge in [0, 0.05) is 11.9 Å². The number of sulfonamides is 1. The lowest BCUT2D eigenvalue weighted by Gasteiger charge is -2.29. The van der Waals surface area contributed by atoms with Gasteiger partial charge in [-0.15, -0.1) is 0 Å². The van der Waals surface area contributed by atoms with Gasteiger partial charge in [-0.25, -0.2) is 13.2 Å². The summed E-state index contributed by atoms with van der Waals surface area (Å²) in [5.74, 6) is -0.238. The van der Waals surface area contributed by atoms with Crippen LogP contribution in [0.4, 0.5) is 18.9 Å². The highest BCUT2D eigenvalue weighted by molar-refractivity contribution is 7.93. The number of esters is 1. The molecule has 1 aliphatic carbocycles. The van der Waals surface area contributed by atoms with Crippen LogP contribution in [-0.4, -0.2) is 37.5 Å². The molecular weight excluding hydrogens is 409 g/mol. The maximum Gasteiger partial charge on any atom is 0.379 e. The summed E-state index contributed by atoms with van der Waals surface area (Å²) in [6.45, 7) is -1.03. The first-order valence-corrected chi connectivity index (χ1v) is 11.0. The van der Waals surface area contributed by atoms with E-state index in [0.29, 0.717) is 30.8 Å². The first-order chi connectivity index (χ1) is 13.7. The molecule has 6 nitrogen and oxygen atoms in total. The molecule has 1 aromatic carbocycles. The van der Waals surface area contributed by atoms with Crippen LogP contribution in [0.3, 0.4) is 0 Å². The summed E-state index contributed by atoms with van der Waals surface area (Å²) in [6.07, 6.45) is 3.19. The molecule has 2 aromatic rings. The van der Waals surface area contributed by atoms with Crippen molar-refractivity contribution in [2.24, 2.45) is 5.92 Å². The summed E-state index contributed by atoms with van der Waals surface area (Å²) >= 11 is 0. The van der Waals surface area contributed by atoms with E-state index >= 15 is 0 Å². The zero-order valence-corrected chi connectivity index (χ0v) is 16.7. The van der Waals surface area contributed by atoms with Crippen molar-refractivity contribution >= 4 is 32.6 Å². The summed E-state index contributed by atoms with van der Waals surface area (Å²) in [7, 11) is -3.54. The molecule has 160 valence electrons. The molecule has 2 heterocycles. The van der Waals surface area contributed by atoms with Crippen LogP contribution in [0.2, 0.25) is 0 Å². The Bertz CT molecular complexity index is 988. The number of hydrogen-bond acceptors (Lipinski definition) is 4. The number of anilines is 1. The number of carbonyl (C=O) groups excluding carboxylic acids is 1. The van der Waals surface area contributed by atoms with E-state index in [0.717, 1.165) is 23.7 Å². The SMILES string of the molecule is CCOC(=O)c1c2c3ccccc3n1CC1CCCC(C1)S(=O)(=O)N2.FC(F)F. The quantitative estimate of drug-likeness (QED) is 0.718. The van der Waals surface area contributed by atoms with Crippen molar-refractivity contribution in [1.82, 2.24) is 4.57 Å². The zero-order valence-electron chi connectivity index (χ0n) is 15.9. The first-order valence-electron chi connectivity index (χ1n) is 9.46. The van der Waals surface area contributed by atoms with Crippen LogP contribution in [0.1, 0.15) is 43.1 Å². The molecule has 1 saturated carbocycles. The number of hydrogen-bond donors (Lipinski definition) is 1. The minimum Gasteiger partial charge on any atom is -0.461 e. The summed E-state index contributed by atoms with van der Waals surface area (Å²) < 4.78 is 64.8. The van der Waals surface area contributed by atoms with Gasteiger partial charge in [0.25, 0.3) is 0 Å². The zero-order chi connectivity index (χ0) is 21.2. The minimum atomic E-state index is -3.67. The molecule has 1 N–H and O–H groups in total. The summed E-state index contributed by atoms with van der Waals surface area (Å²) in [5, 5.41) is 0.351. The fourth-order valence-electron chi connectivity index (χ4n) is 4.18. The van der Waals surface area contributed by atoms with Gasteiger partial charge in [-0.2, -0.15) is 13.2 Å². The molecule has 2 unspecified atom stereocenters. The van der Waals surface area contributed by atoms with Gasteiger partial charge < -0.3 is 9.30 Å². The summed E-state index contributed by atoms with van der Waals surface area (Å²) in [5.41, 5.74) is 1.55. The maximum absolute atomic E-state index is 12.9. The Morgan fingerprint density at radius 2 is 1.97 bits per heavy atom. The second-order valence-electron chi connectivity index (χ2n) is 7.12. The Morgan fingerprint density at radius 3 is 2.66 bits per heavy atom. The Labute approximate surface area is 167 Å². The number of benzene rings is 1. The van der Waals surface area contributed by atoms with Gasteiger partial charge in [-0.05, 0) is 38.2 Å². The van der Waals surface area contributed by atoms with Crippen LogP contribution in [0, 0.1) is 5.92 Å². The minimum absolute atomic E-state index is 0.241. The molecule has 4 rings (SSSR count). The molecule has 2 aliphatic rings. The van der Waals surface area contributed by atoms with Crippen molar-refractivity contribution in [2.45, 2.75) is 51.1 Å². The Kier molecular flexibility index (Phi) is 6.40. The molecule has 1 aromatic heterocycles. The van der Waals surface area contributed by atoms with Crippen molar-refractivity contribution in [3.05, 3.63) is 30.0 Å². The van der Waals surface area contributed by atoms with Crippen LogP contribution < -0.4 is 4.72 Å². The second kappa shape index (κ2) is 8.64. The molecule has 10 heteroatoms. The molecule has 1 aliphatic heterocycles. The standard InChI is InChI=1S/C18H22N2O4S.CHF3/c1-2-24-18(21)17-16-14-8-3-4-9-15(14)20(17)11-12-6-5-7-13(10-12)25(22,23)19-16;2-1(3)4/h3-4,8-9,12-13,19H,2,5-7,10-11H2,1H3;1H. The number of nitrogens with zero attached hydrogens (tertiary/aromatic N) is 1. The molecule has 0 amide bonds. The molecule has 29 heavy (non-hydrogen) atoms. The number of halogens is 3. The van der Waals surface area contributed by atoms with E-state index in [9.17, 15) is 26.4 Å². The Morgan fingerprint density at radius 1 is 1.28 bits per heavy atom. The van der Waals surface area contributed by atoms with Gasteiger partial charge >= 0.3 is 12.6 Å². The number of aromatic nitrogens is 1. The predicted octanol–water partition coefficient (Wildman–Crippen LogP) is 4.31. The van der Waals surface area contributed by atoms with Crippen molar-refractivity contribution in [2.75, 3.05) is 11.3 Å². The lowest BCUT2D eigenvalue weighted by atomic mass is 9.88. The number of fused-ring (bicyclic) bond motifs is 7. The van der Waals surface area contributed by atoms with E-state index in [1.54, 1.807) is 6.92 Å². The first kappa shape index (κ1) is 21.5. The largest absolute Gasteiger partial charge is 0.461 e. The topological polar surface area (TPSA) is 77.4 Å². The molecule has 0 saturated heterocycles. The van der Waals surface area contributed by atoms with Crippen molar-refractivity contribution in [1.29, 1.82) is 0 Å². The Hall–Kier alpha value is -2.23. The van der Waals surface area contributed by atoms with Crippen LogP contribution in [0.15, 0.2) is 24.3 Å². The molecule has 0 spiro atoms. The smallest absolute Gasteiger partial charge is 0.379 e. The van der Waals surface area contributed by atoms with Gasteiger partial charge in [0.2, 0.25) is 10.0 Å². The highest BCUT2D eigenvalue weighted by Crippen LogP contribution is 2.39. The number of nitrogens with one attached hydrogen (secondary N) is 1. The van der Waals surface area contributed by atoms with Crippen molar-refractivity contribution in [3.8, 4) is 0 Å². The van der Waals surface area contributed by atoms with Crippen molar-refractivity contribution < 1.29 is 31.1 Å². The number of para-hydroxylation sites is 1. The molecule has 1 fully saturated rings. The van der Waals surface area contributed by atoms with Crippen LogP contribution in [-0.2, 0) is 21.3 Å². The average Bonchev–Trinajstić information content (AvgIpc) is 2.95. The molecule has 2 atom stereocenters. The van der Waals surface area contributed by atoms with Crippen LogP contribution in [0.5, 0.6) is 0 Å². The number of alkyl halides is 3. The fraction of sp³-hybridized carbons (Fsp3) is 0.526. The van der Waals surface area contributed by atoms with Crippen LogP contribution in [0.25, 0.3) is 10.9 Å². The van der Waals surface area contributed by atoms with E-state index in [-0.39, 0.29) is 12.5 Å². The number of carbonyl (C=O) groups is 1. The predicted molar refractivity (Wildman–Crippen MR) is 103 cm³/mol. The van der Waals surface area contributed by atoms with E-state index in [2.05, 4.69) is 4.72 Å². The molecule has 4 bridgehead atoms. The highest BCUT2D eigenvalue weighted by Gasteiger charge is 2.37. The van der Waals surface area contributed by atoms with Gasteiger partial charge in [0.05, 0.1) is 23.1 Å². The van der Waals surface area contributed by atoms with Gasteiger partial charge in [-0.3, -0.25) is 4.72 Å². The maximum atomic E-state index is 12.9. The summed E-state index contributed by atoms with van der Waals surface area (Å²) in [6, 6.07) is 7.54. The van der Waals surface area contributed by atoms with Gasteiger partial charge in [0.1, 0.15) is 0 Å².